The molecule has 3 heterocycles. The van der Waals surface area contributed by atoms with E-state index in [9.17, 15) is 9.59 Å². The molecule has 0 radical (unpaired) electrons. The van der Waals surface area contributed by atoms with Gasteiger partial charge in [0.2, 0.25) is 11.9 Å². The molecule has 1 atom stereocenters. The van der Waals surface area contributed by atoms with Gasteiger partial charge in [-0.15, -0.1) is 11.3 Å². The number of nitrogens with zero attached hydrogens (tertiary/aromatic N) is 3. The molecule has 174 valence electrons. The van der Waals surface area contributed by atoms with Gasteiger partial charge in [-0.05, 0) is 61.0 Å². The second-order valence-corrected chi connectivity index (χ2v) is 10.0. The molecule has 8 heteroatoms. The summed E-state index contributed by atoms with van der Waals surface area (Å²) in [5.74, 6) is 0.409. The Labute approximate surface area is 206 Å². The lowest BCUT2D eigenvalue weighted by molar-refractivity contribution is -0.125. The number of anilines is 1. The first-order chi connectivity index (χ1) is 16.5. The molecule has 1 saturated heterocycles. The van der Waals surface area contributed by atoms with Crippen LogP contribution in [0.3, 0.4) is 0 Å². The number of rotatable bonds is 5. The van der Waals surface area contributed by atoms with Crippen molar-refractivity contribution in [3.05, 3.63) is 86.5 Å². The number of nitrogens with one attached hydrogen (secondary N) is 1. The fourth-order valence-corrected chi connectivity index (χ4v) is 5.37. The normalized spacial score (nSPS) is 16.1. The van der Waals surface area contributed by atoms with Crippen LogP contribution >= 0.6 is 22.9 Å². The summed E-state index contributed by atoms with van der Waals surface area (Å²) in [6.45, 7) is 3.70. The zero-order valence-corrected chi connectivity index (χ0v) is 20.4. The molecular weight excluding hydrogens is 468 g/mol. The van der Waals surface area contributed by atoms with Crippen LogP contribution in [0.15, 0.2) is 64.8 Å². The lowest BCUT2D eigenvalue weighted by atomic mass is 9.97. The highest BCUT2D eigenvalue weighted by Crippen LogP contribution is 2.27. The summed E-state index contributed by atoms with van der Waals surface area (Å²) < 4.78 is 2.32. The third kappa shape index (κ3) is 4.58. The van der Waals surface area contributed by atoms with Gasteiger partial charge in [0.05, 0.1) is 17.1 Å². The lowest BCUT2D eigenvalue weighted by Gasteiger charge is -2.34. The number of fused-ring (bicyclic) bond motifs is 1. The highest BCUT2D eigenvalue weighted by molar-refractivity contribution is 7.17. The molecule has 2 aromatic carbocycles. The van der Waals surface area contributed by atoms with Crippen LogP contribution in [0.4, 0.5) is 5.95 Å². The van der Waals surface area contributed by atoms with E-state index in [0.29, 0.717) is 34.3 Å². The third-order valence-corrected chi connectivity index (χ3v) is 7.31. The average Bonchev–Trinajstić information content (AvgIpc) is 3.33. The summed E-state index contributed by atoms with van der Waals surface area (Å²) >= 11 is 7.47. The van der Waals surface area contributed by atoms with Crippen LogP contribution in [0.1, 0.15) is 24.0 Å². The van der Waals surface area contributed by atoms with E-state index in [-0.39, 0.29) is 17.4 Å². The van der Waals surface area contributed by atoms with Crippen LogP contribution < -0.4 is 15.8 Å². The second kappa shape index (κ2) is 9.60. The maximum absolute atomic E-state index is 13.5. The molecule has 1 fully saturated rings. The van der Waals surface area contributed by atoms with Crippen LogP contribution in [0.2, 0.25) is 5.02 Å². The molecule has 4 aromatic rings. The molecule has 0 aliphatic carbocycles. The lowest BCUT2D eigenvalue weighted by Crippen LogP contribution is -2.45. The Hall–Kier alpha value is -3.16. The second-order valence-electron chi connectivity index (χ2n) is 8.66. The van der Waals surface area contributed by atoms with Crippen LogP contribution in [0, 0.1) is 12.8 Å². The molecule has 34 heavy (non-hydrogen) atoms. The molecular formula is C26H25ClN4O2S. The van der Waals surface area contributed by atoms with Gasteiger partial charge in [0, 0.05) is 24.7 Å². The number of carbonyl (C=O) groups excluding carboxylic acids is 1. The SMILES string of the molecule is Cc1ccc(-n2c(N3CCC[C@@H](C(=O)NCc4cccc(Cl)c4)C3)nc3ccsc3c2=O)cc1. The number of amides is 1. The van der Waals surface area contributed by atoms with Crippen molar-refractivity contribution < 1.29 is 4.79 Å². The van der Waals surface area contributed by atoms with E-state index >= 15 is 0 Å². The van der Waals surface area contributed by atoms with Crippen molar-refractivity contribution in [3.8, 4) is 5.69 Å². The molecule has 2 aromatic heterocycles. The highest BCUT2D eigenvalue weighted by atomic mass is 35.5. The standard InChI is InChI=1S/C26H25ClN4O2S/c1-17-7-9-21(10-8-17)31-25(33)23-22(11-13-34-23)29-26(31)30-12-3-5-19(16-30)24(32)28-15-18-4-2-6-20(27)14-18/h2,4,6-11,13-14,19H,3,5,12,15-16H2,1H3,(H,28,32)/t19-/m1/s1. The first-order valence-electron chi connectivity index (χ1n) is 11.3. The minimum atomic E-state index is -0.186. The molecule has 1 aliphatic heterocycles. The van der Waals surface area contributed by atoms with Gasteiger partial charge in [-0.3, -0.25) is 9.59 Å². The van der Waals surface area contributed by atoms with Crippen LogP contribution in [0.25, 0.3) is 15.9 Å². The Balaban J connectivity index is 1.43. The number of piperidine rings is 1. The van der Waals surface area contributed by atoms with E-state index in [0.717, 1.165) is 36.2 Å². The number of halogens is 1. The fourth-order valence-electron chi connectivity index (χ4n) is 4.39. The predicted molar refractivity (Wildman–Crippen MR) is 138 cm³/mol. The molecule has 0 spiro atoms. The topological polar surface area (TPSA) is 67.2 Å². The molecule has 5 rings (SSSR count). The van der Waals surface area contributed by atoms with Crippen molar-refractivity contribution in [2.24, 2.45) is 5.92 Å². The number of benzene rings is 2. The van der Waals surface area contributed by atoms with E-state index in [4.69, 9.17) is 16.6 Å². The summed E-state index contributed by atoms with van der Waals surface area (Å²) in [5, 5.41) is 5.59. The first kappa shape index (κ1) is 22.6. The van der Waals surface area contributed by atoms with Gasteiger partial charge in [-0.25, -0.2) is 9.55 Å². The monoisotopic (exact) mass is 492 g/mol. The van der Waals surface area contributed by atoms with Crippen LogP contribution in [-0.2, 0) is 11.3 Å². The minimum Gasteiger partial charge on any atom is -0.352 e. The fraction of sp³-hybridized carbons (Fsp3) is 0.269. The number of hydrogen-bond acceptors (Lipinski definition) is 5. The molecule has 0 bridgehead atoms. The Morgan fingerprint density at radius 3 is 2.82 bits per heavy atom. The van der Waals surface area contributed by atoms with Gasteiger partial charge >= 0.3 is 0 Å². The summed E-state index contributed by atoms with van der Waals surface area (Å²) in [4.78, 5) is 33.4. The van der Waals surface area contributed by atoms with E-state index in [1.165, 1.54) is 11.3 Å². The van der Waals surface area contributed by atoms with Gasteiger partial charge in [0.15, 0.2) is 0 Å². The number of carbonyl (C=O) groups is 1. The Bertz CT molecular complexity index is 1400. The zero-order valence-electron chi connectivity index (χ0n) is 18.8. The van der Waals surface area contributed by atoms with E-state index in [1.807, 2.05) is 66.9 Å². The van der Waals surface area contributed by atoms with Gasteiger partial charge in [0.25, 0.3) is 5.56 Å². The number of thiophene rings is 1. The first-order valence-corrected chi connectivity index (χ1v) is 12.6. The highest BCUT2D eigenvalue weighted by Gasteiger charge is 2.29. The smallest absolute Gasteiger partial charge is 0.277 e. The molecule has 1 N–H and O–H groups in total. The molecule has 6 nitrogen and oxygen atoms in total. The molecule has 1 aliphatic rings. The van der Waals surface area contributed by atoms with Crippen molar-refractivity contribution in [2.45, 2.75) is 26.3 Å². The van der Waals surface area contributed by atoms with Crippen molar-refractivity contribution in [1.82, 2.24) is 14.9 Å². The number of aromatic nitrogens is 2. The molecule has 0 unspecified atom stereocenters. The van der Waals surface area contributed by atoms with Gasteiger partial charge in [0.1, 0.15) is 4.70 Å². The Morgan fingerprint density at radius 1 is 1.21 bits per heavy atom. The third-order valence-electron chi connectivity index (χ3n) is 6.19. The van der Waals surface area contributed by atoms with Crippen molar-refractivity contribution in [3.63, 3.8) is 0 Å². The number of hydrogen-bond donors (Lipinski definition) is 1. The van der Waals surface area contributed by atoms with Crippen LogP contribution in [0.5, 0.6) is 0 Å². The quantitative estimate of drug-likeness (QED) is 0.428. The van der Waals surface area contributed by atoms with Gasteiger partial charge in [-0.2, -0.15) is 0 Å². The van der Waals surface area contributed by atoms with E-state index in [2.05, 4.69) is 10.2 Å². The van der Waals surface area contributed by atoms with E-state index < -0.39 is 0 Å². The zero-order chi connectivity index (χ0) is 23.7. The summed E-state index contributed by atoms with van der Waals surface area (Å²) in [7, 11) is 0. The largest absolute Gasteiger partial charge is 0.352 e. The average molecular weight is 493 g/mol. The number of aryl methyl sites for hydroxylation is 1. The Morgan fingerprint density at radius 2 is 2.03 bits per heavy atom. The van der Waals surface area contributed by atoms with E-state index in [1.54, 1.807) is 4.57 Å². The maximum Gasteiger partial charge on any atom is 0.277 e. The maximum atomic E-state index is 13.5. The van der Waals surface area contributed by atoms with Crippen molar-refractivity contribution in [1.29, 1.82) is 0 Å². The predicted octanol–water partition coefficient (Wildman–Crippen LogP) is 4.94. The molecule has 0 saturated carbocycles. The van der Waals surface area contributed by atoms with Gasteiger partial charge < -0.3 is 10.2 Å². The van der Waals surface area contributed by atoms with Crippen molar-refractivity contribution in [2.75, 3.05) is 18.0 Å². The summed E-state index contributed by atoms with van der Waals surface area (Å²) in [6, 6.07) is 17.2. The van der Waals surface area contributed by atoms with Crippen LogP contribution in [-0.4, -0.2) is 28.5 Å². The summed E-state index contributed by atoms with van der Waals surface area (Å²) in [6.07, 6.45) is 1.65. The molecule has 1 amide bonds. The summed E-state index contributed by atoms with van der Waals surface area (Å²) in [5.41, 5.74) is 3.48. The van der Waals surface area contributed by atoms with Gasteiger partial charge in [-0.1, -0.05) is 41.4 Å². The minimum absolute atomic E-state index is 0.00511. The van der Waals surface area contributed by atoms with Crippen molar-refractivity contribution >= 4 is 45.0 Å². The Kier molecular flexibility index (Phi) is 6.39.